The first kappa shape index (κ1) is 9.84. The van der Waals surface area contributed by atoms with Gasteiger partial charge < -0.3 is 8.94 Å². The maximum Gasteiger partial charge on any atom is 0.258 e. The monoisotopic (exact) mass is 226 g/mol. The van der Waals surface area contributed by atoms with Crippen molar-refractivity contribution in [2.75, 3.05) is 0 Å². The van der Waals surface area contributed by atoms with Crippen molar-refractivity contribution >= 4 is 0 Å². The average Bonchev–Trinajstić information content (AvgIpc) is 3.00. The van der Waals surface area contributed by atoms with Crippen LogP contribution in [0, 0.1) is 6.92 Å². The molecule has 2 aromatic heterocycles. The molecular weight excluding hydrogens is 216 g/mol. The minimum atomic E-state index is 0.509. The molecule has 0 radical (unpaired) electrons. The molecule has 0 N–H and O–H groups in total. The predicted octanol–water partition coefficient (Wildman–Crippen LogP) is 3.31. The van der Waals surface area contributed by atoms with Crippen molar-refractivity contribution in [1.82, 2.24) is 10.1 Å². The number of hydrogen-bond acceptors (Lipinski definition) is 4. The number of aryl methyl sites for hydroxylation is 1. The van der Waals surface area contributed by atoms with Crippen LogP contribution in [0.4, 0.5) is 0 Å². The summed E-state index contributed by atoms with van der Waals surface area (Å²) in [7, 11) is 0. The average molecular weight is 226 g/mol. The summed E-state index contributed by atoms with van der Waals surface area (Å²) in [5.74, 6) is 1.92. The second-order valence-electron chi connectivity index (χ2n) is 3.67. The van der Waals surface area contributed by atoms with E-state index in [4.69, 9.17) is 8.94 Å². The van der Waals surface area contributed by atoms with Gasteiger partial charge in [-0.1, -0.05) is 23.4 Å². The Kier molecular flexibility index (Phi) is 2.26. The van der Waals surface area contributed by atoms with E-state index in [2.05, 4.69) is 10.1 Å². The fraction of sp³-hybridized carbons (Fsp3) is 0.0769. The van der Waals surface area contributed by atoms with E-state index in [0.29, 0.717) is 11.7 Å². The van der Waals surface area contributed by atoms with E-state index in [-0.39, 0.29) is 0 Å². The summed E-state index contributed by atoms with van der Waals surface area (Å²) in [6.45, 7) is 1.79. The summed E-state index contributed by atoms with van der Waals surface area (Å²) in [5.41, 5.74) is 1.82. The molecule has 4 heteroatoms. The van der Waals surface area contributed by atoms with Gasteiger partial charge in [-0.05, 0) is 25.1 Å². The molecule has 2 heterocycles. The quantitative estimate of drug-likeness (QED) is 0.672. The van der Waals surface area contributed by atoms with E-state index in [1.54, 1.807) is 13.2 Å². The lowest BCUT2D eigenvalue weighted by atomic mass is 10.1. The molecule has 1 aromatic carbocycles. The van der Waals surface area contributed by atoms with Crippen LogP contribution in [0.2, 0.25) is 0 Å². The lowest BCUT2D eigenvalue weighted by Gasteiger charge is -2.01. The lowest BCUT2D eigenvalue weighted by molar-refractivity contribution is 0.425. The van der Waals surface area contributed by atoms with Gasteiger partial charge in [-0.2, -0.15) is 4.98 Å². The van der Waals surface area contributed by atoms with Crippen molar-refractivity contribution in [3.8, 4) is 22.8 Å². The first-order valence-electron chi connectivity index (χ1n) is 5.28. The SMILES string of the molecule is Cc1noc(-c2ccccc2-c2ccco2)n1. The van der Waals surface area contributed by atoms with Gasteiger partial charge in [0.2, 0.25) is 0 Å². The number of hydrogen-bond donors (Lipinski definition) is 0. The topological polar surface area (TPSA) is 52.1 Å². The van der Waals surface area contributed by atoms with Crippen LogP contribution in [0.5, 0.6) is 0 Å². The molecule has 0 aliphatic rings. The third-order valence-corrected chi connectivity index (χ3v) is 2.47. The van der Waals surface area contributed by atoms with Crippen LogP contribution in [0.25, 0.3) is 22.8 Å². The summed E-state index contributed by atoms with van der Waals surface area (Å²) >= 11 is 0. The van der Waals surface area contributed by atoms with Crippen molar-refractivity contribution in [3.63, 3.8) is 0 Å². The molecule has 3 aromatic rings. The Bertz CT molecular complexity index is 626. The maximum atomic E-state index is 5.40. The zero-order chi connectivity index (χ0) is 11.7. The summed E-state index contributed by atoms with van der Waals surface area (Å²) in [6.07, 6.45) is 1.64. The molecule has 3 rings (SSSR count). The van der Waals surface area contributed by atoms with Crippen molar-refractivity contribution in [1.29, 1.82) is 0 Å². The highest BCUT2D eigenvalue weighted by atomic mass is 16.5. The Labute approximate surface area is 97.9 Å². The highest BCUT2D eigenvalue weighted by Gasteiger charge is 2.13. The van der Waals surface area contributed by atoms with Crippen LogP contribution in [0.1, 0.15) is 5.82 Å². The Morgan fingerprint density at radius 3 is 2.47 bits per heavy atom. The van der Waals surface area contributed by atoms with E-state index in [1.807, 2.05) is 36.4 Å². The van der Waals surface area contributed by atoms with Crippen LogP contribution < -0.4 is 0 Å². The van der Waals surface area contributed by atoms with Gasteiger partial charge in [0.05, 0.1) is 11.8 Å². The van der Waals surface area contributed by atoms with Crippen LogP contribution >= 0.6 is 0 Å². The molecule has 17 heavy (non-hydrogen) atoms. The van der Waals surface area contributed by atoms with Gasteiger partial charge in [0.1, 0.15) is 5.76 Å². The molecule has 0 bridgehead atoms. The van der Waals surface area contributed by atoms with E-state index in [0.717, 1.165) is 16.9 Å². The van der Waals surface area contributed by atoms with Gasteiger partial charge >= 0.3 is 0 Å². The molecule has 0 saturated heterocycles. The van der Waals surface area contributed by atoms with Gasteiger partial charge in [0.25, 0.3) is 5.89 Å². The molecule has 0 unspecified atom stereocenters. The highest BCUT2D eigenvalue weighted by Crippen LogP contribution is 2.30. The normalized spacial score (nSPS) is 10.6. The Morgan fingerprint density at radius 2 is 1.82 bits per heavy atom. The van der Waals surface area contributed by atoms with Gasteiger partial charge in [-0.15, -0.1) is 0 Å². The number of furan rings is 1. The van der Waals surface area contributed by atoms with Crippen LogP contribution in [-0.2, 0) is 0 Å². The smallest absolute Gasteiger partial charge is 0.258 e. The van der Waals surface area contributed by atoms with Crippen molar-refractivity contribution in [2.24, 2.45) is 0 Å². The highest BCUT2D eigenvalue weighted by molar-refractivity contribution is 5.76. The number of rotatable bonds is 2. The van der Waals surface area contributed by atoms with Gasteiger partial charge in [0.15, 0.2) is 5.82 Å². The Hall–Kier alpha value is -2.36. The summed E-state index contributed by atoms with van der Waals surface area (Å²) in [5, 5.41) is 3.80. The lowest BCUT2D eigenvalue weighted by Crippen LogP contribution is -1.83. The Morgan fingerprint density at radius 1 is 1.00 bits per heavy atom. The molecule has 0 atom stereocenters. The fourth-order valence-corrected chi connectivity index (χ4v) is 1.72. The molecule has 0 amide bonds. The summed E-state index contributed by atoms with van der Waals surface area (Å²) in [6, 6.07) is 11.5. The van der Waals surface area contributed by atoms with Gasteiger partial charge in [-0.3, -0.25) is 0 Å². The minimum absolute atomic E-state index is 0.509. The van der Waals surface area contributed by atoms with Crippen LogP contribution in [0.15, 0.2) is 51.6 Å². The first-order valence-corrected chi connectivity index (χ1v) is 5.28. The van der Waals surface area contributed by atoms with E-state index >= 15 is 0 Å². The number of aromatic nitrogens is 2. The molecule has 4 nitrogen and oxygen atoms in total. The van der Waals surface area contributed by atoms with Crippen molar-refractivity contribution in [3.05, 3.63) is 48.5 Å². The van der Waals surface area contributed by atoms with Crippen molar-refractivity contribution < 1.29 is 8.94 Å². The van der Waals surface area contributed by atoms with Crippen LogP contribution in [-0.4, -0.2) is 10.1 Å². The standard InChI is InChI=1S/C13H10N2O2/c1-9-14-13(17-15-9)11-6-3-2-5-10(11)12-7-4-8-16-12/h2-8H,1H3. The third-order valence-electron chi connectivity index (χ3n) is 2.47. The molecule has 84 valence electrons. The van der Waals surface area contributed by atoms with Gasteiger partial charge in [0, 0.05) is 5.56 Å². The predicted molar refractivity (Wildman–Crippen MR) is 62.2 cm³/mol. The Balaban J connectivity index is 2.17. The molecule has 0 fully saturated rings. The van der Waals surface area contributed by atoms with E-state index in [9.17, 15) is 0 Å². The second kappa shape index (κ2) is 3.90. The fourth-order valence-electron chi connectivity index (χ4n) is 1.72. The van der Waals surface area contributed by atoms with E-state index < -0.39 is 0 Å². The van der Waals surface area contributed by atoms with E-state index in [1.165, 1.54) is 0 Å². The van der Waals surface area contributed by atoms with Gasteiger partial charge in [-0.25, -0.2) is 0 Å². The first-order chi connectivity index (χ1) is 8.34. The number of nitrogens with zero attached hydrogens (tertiary/aromatic N) is 2. The minimum Gasteiger partial charge on any atom is -0.464 e. The molecule has 0 aliphatic carbocycles. The molecule has 0 spiro atoms. The zero-order valence-electron chi connectivity index (χ0n) is 9.25. The largest absolute Gasteiger partial charge is 0.464 e. The number of benzene rings is 1. The molecule has 0 aliphatic heterocycles. The molecular formula is C13H10N2O2. The second-order valence-corrected chi connectivity index (χ2v) is 3.67. The zero-order valence-corrected chi connectivity index (χ0v) is 9.25. The maximum absolute atomic E-state index is 5.40. The summed E-state index contributed by atoms with van der Waals surface area (Å²) < 4.78 is 10.6. The third kappa shape index (κ3) is 1.73. The molecule has 0 saturated carbocycles. The van der Waals surface area contributed by atoms with Crippen molar-refractivity contribution in [2.45, 2.75) is 6.92 Å². The van der Waals surface area contributed by atoms with Crippen LogP contribution in [0.3, 0.4) is 0 Å². The summed E-state index contributed by atoms with van der Waals surface area (Å²) in [4.78, 5) is 4.23.